The molecule has 0 fully saturated rings. The highest BCUT2D eigenvalue weighted by Crippen LogP contribution is 2.18. The second-order valence-corrected chi connectivity index (χ2v) is 3.42. The fourth-order valence-corrected chi connectivity index (χ4v) is 1.82. The summed E-state index contributed by atoms with van der Waals surface area (Å²) < 4.78 is 0. The lowest BCUT2D eigenvalue weighted by Gasteiger charge is -2.18. The largest absolute Gasteiger partial charge is 0.286 e. The summed E-state index contributed by atoms with van der Waals surface area (Å²) in [5, 5.41) is 0. The Kier molecular flexibility index (Phi) is 1.72. The van der Waals surface area contributed by atoms with E-state index in [-0.39, 0.29) is 0 Å². The molecule has 0 unspecified atom stereocenters. The number of rotatable bonds is 0. The van der Waals surface area contributed by atoms with Crippen molar-refractivity contribution >= 4 is 5.71 Å². The third kappa shape index (κ3) is 1.15. The molecule has 0 saturated heterocycles. The number of benzene rings is 1. The van der Waals surface area contributed by atoms with Gasteiger partial charge in [0.1, 0.15) is 0 Å². The van der Waals surface area contributed by atoms with Crippen molar-refractivity contribution in [1.82, 2.24) is 0 Å². The van der Waals surface area contributed by atoms with Gasteiger partial charge >= 0.3 is 0 Å². The van der Waals surface area contributed by atoms with Crippen LogP contribution in [-0.2, 0) is 6.42 Å². The predicted molar refractivity (Wildman–Crippen MR) is 51.8 cm³/mol. The summed E-state index contributed by atoms with van der Waals surface area (Å²) in [5.41, 5.74) is 3.96. The lowest BCUT2D eigenvalue weighted by molar-refractivity contribution is 0.727. The minimum Gasteiger partial charge on any atom is -0.286 e. The molecule has 0 bridgehead atoms. The molecule has 1 aliphatic rings. The summed E-state index contributed by atoms with van der Waals surface area (Å²) in [6.45, 7) is 4.26. The van der Waals surface area contributed by atoms with Crippen molar-refractivity contribution in [2.45, 2.75) is 26.3 Å². The second kappa shape index (κ2) is 2.74. The topological polar surface area (TPSA) is 12.4 Å². The average molecular weight is 159 g/mol. The molecule has 2 rings (SSSR count). The molecule has 1 aromatic carbocycles. The molecular weight excluding hydrogens is 146 g/mol. The molecule has 0 radical (unpaired) electrons. The highest BCUT2D eigenvalue weighted by atomic mass is 14.8. The minimum atomic E-state index is 0.458. The Morgan fingerprint density at radius 1 is 1.33 bits per heavy atom. The third-order valence-corrected chi connectivity index (χ3v) is 2.34. The van der Waals surface area contributed by atoms with Crippen LogP contribution in [0.25, 0.3) is 0 Å². The zero-order valence-electron chi connectivity index (χ0n) is 7.54. The van der Waals surface area contributed by atoms with Crippen LogP contribution in [0.2, 0.25) is 0 Å². The quantitative estimate of drug-likeness (QED) is 0.551. The van der Waals surface area contributed by atoms with Crippen molar-refractivity contribution in [1.29, 1.82) is 0 Å². The molecule has 1 heterocycles. The fraction of sp³-hybridized carbons (Fsp3) is 0.364. The van der Waals surface area contributed by atoms with Crippen LogP contribution < -0.4 is 0 Å². The summed E-state index contributed by atoms with van der Waals surface area (Å²) >= 11 is 0. The Bertz CT molecular complexity index is 326. The SMILES string of the molecule is CC1=N[C@@H](C)Cc2ccccc21. The average Bonchev–Trinajstić information content (AvgIpc) is 2.04. The van der Waals surface area contributed by atoms with Gasteiger partial charge in [0.2, 0.25) is 0 Å². The van der Waals surface area contributed by atoms with E-state index in [1.54, 1.807) is 0 Å². The van der Waals surface area contributed by atoms with E-state index in [1.165, 1.54) is 16.8 Å². The normalized spacial score (nSPS) is 21.5. The van der Waals surface area contributed by atoms with E-state index in [9.17, 15) is 0 Å². The van der Waals surface area contributed by atoms with Gasteiger partial charge in [-0.15, -0.1) is 0 Å². The Labute approximate surface area is 73.1 Å². The van der Waals surface area contributed by atoms with Gasteiger partial charge in [0.15, 0.2) is 0 Å². The van der Waals surface area contributed by atoms with E-state index in [0.717, 1.165) is 6.42 Å². The van der Waals surface area contributed by atoms with Crippen LogP contribution in [0.3, 0.4) is 0 Å². The monoisotopic (exact) mass is 159 g/mol. The van der Waals surface area contributed by atoms with E-state index < -0.39 is 0 Å². The molecule has 12 heavy (non-hydrogen) atoms. The molecule has 0 spiro atoms. The number of hydrogen-bond acceptors (Lipinski definition) is 1. The Morgan fingerprint density at radius 2 is 2.08 bits per heavy atom. The lowest BCUT2D eigenvalue weighted by atomic mass is 9.95. The Balaban J connectivity index is 2.53. The van der Waals surface area contributed by atoms with Gasteiger partial charge in [-0.1, -0.05) is 24.3 Å². The third-order valence-electron chi connectivity index (χ3n) is 2.34. The van der Waals surface area contributed by atoms with Gasteiger partial charge in [-0.3, -0.25) is 4.99 Å². The second-order valence-electron chi connectivity index (χ2n) is 3.42. The van der Waals surface area contributed by atoms with Gasteiger partial charge in [-0.25, -0.2) is 0 Å². The molecule has 1 nitrogen and oxygen atoms in total. The molecule has 62 valence electrons. The maximum absolute atomic E-state index is 4.54. The molecule has 1 aromatic rings. The van der Waals surface area contributed by atoms with Gasteiger partial charge in [0, 0.05) is 5.71 Å². The summed E-state index contributed by atoms with van der Waals surface area (Å²) in [7, 11) is 0. The van der Waals surface area contributed by atoms with E-state index in [0.29, 0.717) is 6.04 Å². The van der Waals surface area contributed by atoms with Crippen LogP contribution in [0.5, 0.6) is 0 Å². The van der Waals surface area contributed by atoms with Crippen LogP contribution >= 0.6 is 0 Å². The standard InChI is InChI=1S/C11H13N/c1-8-7-10-5-3-4-6-11(10)9(2)12-8/h3-6,8H,7H2,1-2H3/t8-/m0/s1. The van der Waals surface area contributed by atoms with E-state index in [2.05, 4.69) is 43.1 Å². The molecule has 0 saturated carbocycles. The van der Waals surface area contributed by atoms with Crippen molar-refractivity contribution in [3.8, 4) is 0 Å². The van der Waals surface area contributed by atoms with Gasteiger partial charge < -0.3 is 0 Å². The first kappa shape index (κ1) is 7.53. The van der Waals surface area contributed by atoms with Gasteiger partial charge in [0.25, 0.3) is 0 Å². The van der Waals surface area contributed by atoms with Gasteiger partial charge in [-0.05, 0) is 31.4 Å². The molecule has 0 aromatic heterocycles. The van der Waals surface area contributed by atoms with Crippen molar-refractivity contribution in [3.63, 3.8) is 0 Å². The summed E-state index contributed by atoms with van der Waals surface area (Å²) in [4.78, 5) is 4.54. The van der Waals surface area contributed by atoms with E-state index in [1.807, 2.05) is 0 Å². The van der Waals surface area contributed by atoms with Crippen LogP contribution in [0, 0.1) is 0 Å². The van der Waals surface area contributed by atoms with Crippen molar-refractivity contribution < 1.29 is 0 Å². The predicted octanol–water partition coefficient (Wildman–Crippen LogP) is 2.44. The molecule has 1 atom stereocenters. The fourth-order valence-electron chi connectivity index (χ4n) is 1.82. The highest BCUT2D eigenvalue weighted by molar-refractivity contribution is 6.00. The maximum atomic E-state index is 4.54. The molecular formula is C11H13N. The number of aliphatic imine (C=N–C) groups is 1. The van der Waals surface area contributed by atoms with E-state index >= 15 is 0 Å². The summed E-state index contributed by atoms with van der Waals surface area (Å²) in [5.74, 6) is 0. The molecule has 0 amide bonds. The molecule has 1 aliphatic heterocycles. The van der Waals surface area contributed by atoms with Crippen molar-refractivity contribution in [3.05, 3.63) is 35.4 Å². The van der Waals surface area contributed by atoms with Gasteiger partial charge in [0.05, 0.1) is 6.04 Å². The van der Waals surface area contributed by atoms with Crippen LogP contribution in [0.1, 0.15) is 25.0 Å². The number of fused-ring (bicyclic) bond motifs is 1. The van der Waals surface area contributed by atoms with E-state index in [4.69, 9.17) is 0 Å². The first-order valence-electron chi connectivity index (χ1n) is 4.40. The Hall–Kier alpha value is -1.11. The van der Waals surface area contributed by atoms with Gasteiger partial charge in [-0.2, -0.15) is 0 Å². The number of nitrogens with zero attached hydrogens (tertiary/aromatic N) is 1. The van der Waals surface area contributed by atoms with Crippen LogP contribution in [0.4, 0.5) is 0 Å². The first-order valence-corrected chi connectivity index (χ1v) is 4.40. The molecule has 0 aliphatic carbocycles. The maximum Gasteiger partial charge on any atom is 0.0515 e. The number of hydrogen-bond donors (Lipinski definition) is 0. The zero-order valence-corrected chi connectivity index (χ0v) is 7.54. The lowest BCUT2D eigenvalue weighted by Crippen LogP contribution is -2.16. The van der Waals surface area contributed by atoms with Crippen molar-refractivity contribution in [2.75, 3.05) is 0 Å². The summed E-state index contributed by atoms with van der Waals surface area (Å²) in [6, 6.07) is 8.99. The van der Waals surface area contributed by atoms with Crippen molar-refractivity contribution in [2.24, 2.45) is 4.99 Å². The highest BCUT2D eigenvalue weighted by Gasteiger charge is 2.13. The minimum absolute atomic E-state index is 0.458. The molecule has 1 heteroatoms. The molecule has 0 N–H and O–H groups in total. The zero-order chi connectivity index (χ0) is 8.55. The Morgan fingerprint density at radius 3 is 2.92 bits per heavy atom. The van der Waals surface area contributed by atoms with Crippen LogP contribution in [-0.4, -0.2) is 11.8 Å². The smallest absolute Gasteiger partial charge is 0.0515 e. The summed E-state index contributed by atoms with van der Waals surface area (Å²) in [6.07, 6.45) is 1.09. The van der Waals surface area contributed by atoms with Crippen LogP contribution in [0.15, 0.2) is 29.3 Å². The first-order chi connectivity index (χ1) is 5.77.